The first-order valence-corrected chi connectivity index (χ1v) is 10.1. The van der Waals surface area contributed by atoms with Crippen LogP contribution in [-0.2, 0) is 23.7 Å². The predicted molar refractivity (Wildman–Crippen MR) is 108 cm³/mol. The third kappa shape index (κ3) is 5.42. The van der Waals surface area contributed by atoms with Crippen LogP contribution in [-0.4, -0.2) is 58.7 Å². The molecule has 0 radical (unpaired) electrons. The van der Waals surface area contributed by atoms with E-state index in [4.69, 9.17) is 53.8 Å². The van der Waals surface area contributed by atoms with E-state index in [1.807, 2.05) is 31.2 Å². The van der Waals surface area contributed by atoms with E-state index >= 15 is 0 Å². The normalized spacial score (nSPS) is 32.3. The Morgan fingerprint density at radius 2 is 2.03 bits per heavy atom. The molecular weight excluding hydrogens is 445 g/mol. The van der Waals surface area contributed by atoms with Crippen molar-refractivity contribution in [1.82, 2.24) is 5.32 Å². The van der Waals surface area contributed by atoms with Crippen molar-refractivity contribution in [3.8, 4) is 0 Å². The number of carbonyl (C=O) groups is 1. The highest BCUT2D eigenvalue weighted by Gasteiger charge is 2.51. The lowest BCUT2D eigenvalue weighted by molar-refractivity contribution is -0.343. The number of aliphatic hydroxyl groups excluding tert-OH is 1. The molecule has 10 heteroatoms. The van der Waals surface area contributed by atoms with Gasteiger partial charge in [-0.1, -0.05) is 70.7 Å². The van der Waals surface area contributed by atoms with Gasteiger partial charge in [0, 0.05) is 5.56 Å². The van der Waals surface area contributed by atoms with Gasteiger partial charge in [0.15, 0.2) is 12.6 Å². The Bertz CT molecular complexity index is 726. The summed E-state index contributed by atoms with van der Waals surface area (Å²) in [7, 11) is 0. The molecule has 0 saturated carbocycles. The van der Waals surface area contributed by atoms with E-state index in [0.717, 1.165) is 11.1 Å². The van der Waals surface area contributed by atoms with Gasteiger partial charge in [0.25, 0.3) is 9.70 Å². The molecule has 6 atom stereocenters. The summed E-state index contributed by atoms with van der Waals surface area (Å²) in [5, 5.41) is 13.4. The minimum atomic E-state index is -2.21. The molecule has 2 heterocycles. The number of ether oxygens (including phenoxy) is 4. The Morgan fingerprint density at radius 3 is 2.66 bits per heavy atom. The number of amides is 1. The molecule has 160 valence electrons. The lowest BCUT2D eigenvalue weighted by Gasteiger charge is -2.47. The third-order valence-corrected chi connectivity index (χ3v) is 5.16. The Hall–Kier alpha value is -0.900. The molecule has 2 fully saturated rings. The Kier molecular flexibility index (Phi) is 7.46. The first-order chi connectivity index (χ1) is 13.7. The minimum Gasteiger partial charge on any atom is -0.388 e. The molecule has 0 aliphatic carbocycles. The molecular formula is C19H22Cl3NO6. The molecule has 0 spiro atoms. The van der Waals surface area contributed by atoms with Gasteiger partial charge in [0.2, 0.25) is 0 Å². The van der Waals surface area contributed by atoms with Gasteiger partial charge in [-0.25, -0.2) is 0 Å². The minimum absolute atomic E-state index is 0.128. The fourth-order valence-electron chi connectivity index (χ4n) is 3.18. The lowest BCUT2D eigenvalue weighted by Crippen LogP contribution is -2.67. The van der Waals surface area contributed by atoms with Crippen LogP contribution in [0.25, 0.3) is 0 Å². The van der Waals surface area contributed by atoms with Gasteiger partial charge in [-0.2, -0.15) is 0 Å². The van der Waals surface area contributed by atoms with Crippen molar-refractivity contribution in [3.63, 3.8) is 0 Å². The van der Waals surface area contributed by atoms with Crippen LogP contribution >= 0.6 is 34.8 Å². The van der Waals surface area contributed by atoms with Crippen LogP contribution in [0.5, 0.6) is 0 Å². The quantitative estimate of drug-likeness (QED) is 0.512. The van der Waals surface area contributed by atoms with E-state index in [9.17, 15) is 9.90 Å². The summed E-state index contributed by atoms with van der Waals surface area (Å²) >= 11 is 16.9. The number of alkyl halides is 3. The molecule has 0 aromatic heterocycles. The van der Waals surface area contributed by atoms with Crippen molar-refractivity contribution in [2.45, 2.75) is 47.7 Å². The number of rotatable bonds is 5. The van der Waals surface area contributed by atoms with Crippen molar-refractivity contribution < 1.29 is 28.8 Å². The van der Waals surface area contributed by atoms with Crippen LogP contribution in [0.3, 0.4) is 0 Å². The van der Waals surface area contributed by atoms with Crippen molar-refractivity contribution in [2.24, 2.45) is 0 Å². The van der Waals surface area contributed by atoms with E-state index in [0.29, 0.717) is 0 Å². The van der Waals surface area contributed by atoms with Crippen molar-refractivity contribution in [1.29, 1.82) is 0 Å². The lowest BCUT2D eigenvalue weighted by atomic mass is 9.95. The molecule has 2 saturated heterocycles. The number of hydrogen-bond donors (Lipinski definition) is 2. The highest BCUT2D eigenvalue weighted by atomic mass is 35.6. The maximum Gasteiger partial charge on any atom is 0.272 e. The Balaban J connectivity index is 1.77. The summed E-state index contributed by atoms with van der Waals surface area (Å²) < 4.78 is 20.9. The Labute approximate surface area is 183 Å². The van der Waals surface area contributed by atoms with E-state index < -0.39 is 46.6 Å². The molecule has 1 unspecified atom stereocenters. The Morgan fingerprint density at radius 1 is 1.34 bits per heavy atom. The summed E-state index contributed by atoms with van der Waals surface area (Å²) in [5.74, 6) is -0.914. The van der Waals surface area contributed by atoms with Crippen molar-refractivity contribution >= 4 is 40.7 Å². The van der Waals surface area contributed by atoms with Gasteiger partial charge in [-0.15, -0.1) is 6.58 Å². The molecule has 29 heavy (non-hydrogen) atoms. The van der Waals surface area contributed by atoms with Crippen molar-refractivity contribution in [3.05, 3.63) is 48.0 Å². The van der Waals surface area contributed by atoms with Crippen molar-refractivity contribution in [2.75, 3.05) is 13.2 Å². The van der Waals surface area contributed by atoms with E-state index in [1.165, 1.54) is 6.08 Å². The smallest absolute Gasteiger partial charge is 0.272 e. The predicted octanol–water partition coefficient (Wildman–Crippen LogP) is 2.55. The molecule has 7 nitrogen and oxygen atoms in total. The van der Waals surface area contributed by atoms with Crippen LogP contribution in [0.1, 0.15) is 17.4 Å². The standard InChI is InChI=1S/C19H22Cl3NO6/c1-3-8-26-17-13(23-18(25)19(20,21)22)14(24)15-12(28-17)9-27-16(29-15)11-6-4-10(2)5-7-11/h3-7,12-17,24H,1,8-9H2,2H3,(H,23,25)/t12-,13-,14-,15+,16?,17-/m1/s1. The van der Waals surface area contributed by atoms with Crippen LogP contribution < -0.4 is 5.32 Å². The number of benzene rings is 1. The number of hydrogen-bond acceptors (Lipinski definition) is 6. The molecule has 2 aliphatic heterocycles. The molecule has 1 amide bonds. The summed E-state index contributed by atoms with van der Waals surface area (Å²) in [6, 6.07) is 6.61. The largest absolute Gasteiger partial charge is 0.388 e. The average molecular weight is 467 g/mol. The molecule has 3 rings (SSSR count). The summed E-state index contributed by atoms with van der Waals surface area (Å²) in [6.07, 6.45) is -2.79. The summed E-state index contributed by atoms with van der Waals surface area (Å²) in [4.78, 5) is 12.2. The van der Waals surface area contributed by atoms with Crippen LogP contribution in [0, 0.1) is 6.92 Å². The SMILES string of the molecule is C=CCO[C@@H]1O[C@@H]2COC(c3ccc(C)cc3)O[C@@H]2[C@H](O)[C@H]1NC(=O)C(Cl)(Cl)Cl. The maximum absolute atomic E-state index is 12.2. The fraction of sp³-hybridized carbons (Fsp3) is 0.526. The number of aryl methyl sites for hydroxylation is 1. The van der Waals surface area contributed by atoms with E-state index in [2.05, 4.69) is 11.9 Å². The van der Waals surface area contributed by atoms with Gasteiger partial charge in [0.05, 0.1) is 13.2 Å². The monoisotopic (exact) mass is 465 g/mol. The van der Waals surface area contributed by atoms with E-state index in [1.54, 1.807) is 0 Å². The summed E-state index contributed by atoms with van der Waals surface area (Å²) in [5.41, 5.74) is 1.90. The number of fused-ring (bicyclic) bond motifs is 1. The molecule has 1 aromatic carbocycles. The molecule has 2 aliphatic rings. The second-order valence-electron chi connectivity index (χ2n) is 6.83. The zero-order chi connectivity index (χ0) is 21.2. The van der Waals surface area contributed by atoms with Gasteiger partial charge in [-0.3, -0.25) is 4.79 Å². The van der Waals surface area contributed by atoms with Gasteiger partial charge in [0.1, 0.15) is 24.4 Å². The maximum atomic E-state index is 12.2. The highest BCUT2D eigenvalue weighted by Crippen LogP contribution is 2.35. The zero-order valence-corrected chi connectivity index (χ0v) is 17.9. The van der Waals surface area contributed by atoms with Gasteiger partial charge < -0.3 is 29.4 Å². The fourth-order valence-corrected chi connectivity index (χ4v) is 3.34. The van der Waals surface area contributed by atoms with E-state index in [-0.39, 0.29) is 13.2 Å². The highest BCUT2D eigenvalue weighted by molar-refractivity contribution is 6.76. The molecule has 0 bridgehead atoms. The summed E-state index contributed by atoms with van der Waals surface area (Å²) in [6.45, 7) is 5.85. The number of carbonyl (C=O) groups excluding carboxylic acids is 1. The van der Waals surface area contributed by atoms with Crippen LogP contribution in [0.2, 0.25) is 0 Å². The molecule has 1 aromatic rings. The second kappa shape index (κ2) is 9.49. The average Bonchev–Trinajstić information content (AvgIpc) is 2.68. The second-order valence-corrected chi connectivity index (χ2v) is 9.11. The third-order valence-electron chi connectivity index (χ3n) is 4.65. The first kappa shape index (κ1) is 22.8. The van der Waals surface area contributed by atoms with Gasteiger partial charge in [-0.05, 0) is 6.92 Å². The number of aliphatic hydroxyl groups is 1. The van der Waals surface area contributed by atoms with Crippen LogP contribution in [0.15, 0.2) is 36.9 Å². The van der Waals surface area contributed by atoms with Crippen LogP contribution in [0.4, 0.5) is 0 Å². The number of halogens is 3. The topological polar surface area (TPSA) is 86.2 Å². The number of nitrogens with one attached hydrogen (secondary N) is 1. The first-order valence-electron chi connectivity index (χ1n) is 8.98. The zero-order valence-electron chi connectivity index (χ0n) is 15.6. The molecule has 2 N–H and O–H groups in total. The van der Waals surface area contributed by atoms with Gasteiger partial charge >= 0.3 is 0 Å².